The molecule has 65 heavy (non-hydrogen) atoms. The minimum absolute atomic E-state index is 0.394. The van der Waals surface area contributed by atoms with Gasteiger partial charge in [-0.2, -0.15) is 0 Å². The molecule has 0 N–H and O–H groups in total. The van der Waals surface area contributed by atoms with Crippen molar-refractivity contribution in [2.24, 2.45) is 0 Å². The Labute approximate surface area is 377 Å². The van der Waals surface area contributed by atoms with Crippen molar-refractivity contribution in [3.63, 3.8) is 0 Å². The quantitative estimate of drug-likeness (QED) is 0.0887. The number of benzene rings is 10. The van der Waals surface area contributed by atoms with Gasteiger partial charge < -0.3 is 36.6 Å². The second-order valence-corrected chi connectivity index (χ2v) is 17.6. The summed E-state index contributed by atoms with van der Waals surface area (Å²) in [5.74, 6) is 5.42. The van der Waals surface area contributed by atoms with Crippen LogP contribution in [0.2, 0.25) is 0 Å². The van der Waals surface area contributed by atoms with Crippen LogP contribution in [-0.4, -0.2) is 13.2 Å². The fourth-order valence-corrected chi connectivity index (χ4v) is 10.7. The van der Waals surface area contributed by atoms with Crippen molar-refractivity contribution < 1.29 is 36.6 Å². The summed E-state index contributed by atoms with van der Waals surface area (Å²) in [4.78, 5) is 0. The van der Waals surface area contributed by atoms with Gasteiger partial charge in [0, 0.05) is 28.7 Å². The molecular formula is C55H38O8P2. The number of hydrogen-bond acceptors (Lipinski definition) is 8. The predicted octanol–water partition coefficient (Wildman–Crippen LogP) is 15.6. The van der Waals surface area contributed by atoms with Gasteiger partial charge in [0.05, 0.1) is 13.2 Å². The highest BCUT2D eigenvalue weighted by molar-refractivity contribution is 7.43. The summed E-state index contributed by atoms with van der Waals surface area (Å²) in [6.07, 6.45) is 0.604. The molecule has 0 amide bonds. The topological polar surface area (TPSA) is 73.8 Å². The van der Waals surface area contributed by atoms with Crippen LogP contribution in [-0.2, 0) is 0 Å². The third kappa shape index (κ3) is 7.41. The van der Waals surface area contributed by atoms with Gasteiger partial charge in [-0.3, -0.25) is 0 Å². The zero-order valence-electron chi connectivity index (χ0n) is 34.8. The maximum absolute atomic E-state index is 6.79. The van der Waals surface area contributed by atoms with Crippen LogP contribution >= 0.6 is 17.2 Å². The van der Waals surface area contributed by atoms with E-state index in [0.29, 0.717) is 54.1 Å². The Balaban J connectivity index is 0.858. The van der Waals surface area contributed by atoms with Gasteiger partial charge in [0.15, 0.2) is 23.0 Å². The van der Waals surface area contributed by atoms with Crippen LogP contribution in [0.25, 0.3) is 65.3 Å². The SMILES string of the molecule is c1ccc2c(c1)OP(Oc1ccc3ccccc3c1-c1c(OCCCOc3ccc4ccccc4c3-c3c(OP4Oc5ccccc5O4)ccc4ccccc34)ccc3ccccc13)O2. The van der Waals surface area contributed by atoms with E-state index in [0.717, 1.165) is 76.8 Å². The van der Waals surface area contributed by atoms with Crippen LogP contribution in [0.15, 0.2) is 194 Å². The van der Waals surface area contributed by atoms with Crippen molar-refractivity contribution in [3.8, 4) is 68.2 Å². The molecule has 0 spiro atoms. The number of hydrogen-bond donors (Lipinski definition) is 0. The minimum Gasteiger partial charge on any atom is -0.493 e. The minimum atomic E-state index is -1.73. The Hall–Kier alpha value is -7.50. The average Bonchev–Trinajstić information content (AvgIpc) is 3.97. The predicted molar refractivity (Wildman–Crippen MR) is 260 cm³/mol. The van der Waals surface area contributed by atoms with E-state index >= 15 is 0 Å². The van der Waals surface area contributed by atoms with Crippen molar-refractivity contribution in [3.05, 3.63) is 194 Å². The average molecular weight is 889 g/mol. The van der Waals surface area contributed by atoms with E-state index in [1.807, 2.05) is 84.9 Å². The number of ether oxygens (including phenoxy) is 2. The Bertz CT molecular complexity index is 3150. The molecule has 0 unspecified atom stereocenters. The van der Waals surface area contributed by atoms with Crippen LogP contribution in [0.1, 0.15) is 6.42 Å². The molecular weight excluding hydrogens is 851 g/mol. The van der Waals surface area contributed by atoms with Crippen molar-refractivity contribution in [1.29, 1.82) is 0 Å². The lowest BCUT2D eigenvalue weighted by atomic mass is 9.92. The van der Waals surface area contributed by atoms with E-state index in [1.165, 1.54) is 0 Å². The molecule has 10 aromatic rings. The second-order valence-electron chi connectivity index (χ2n) is 15.6. The highest BCUT2D eigenvalue weighted by Gasteiger charge is 2.33. The number of para-hydroxylation sites is 4. The monoisotopic (exact) mass is 888 g/mol. The van der Waals surface area contributed by atoms with Gasteiger partial charge in [-0.05, 0) is 91.6 Å². The lowest BCUT2D eigenvalue weighted by Gasteiger charge is -2.21. The van der Waals surface area contributed by atoms with Crippen LogP contribution in [0, 0.1) is 0 Å². The first kappa shape index (κ1) is 39.1. The summed E-state index contributed by atoms with van der Waals surface area (Å²) < 4.78 is 51.4. The van der Waals surface area contributed by atoms with E-state index in [-0.39, 0.29) is 0 Å². The molecule has 0 radical (unpaired) electrons. The van der Waals surface area contributed by atoms with Crippen molar-refractivity contribution >= 4 is 60.3 Å². The lowest BCUT2D eigenvalue weighted by Crippen LogP contribution is -2.07. The van der Waals surface area contributed by atoms with E-state index in [4.69, 9.17) is 36.6 Å². The fourth-order valence-electron chi connectivity index (χ4n) is 8.65. The maximum atomic E-state index is 6.79. The van der Waals surface area contributed by atoms with Gasteiger partial charge in [-0.15, -0.1) is 0 Å². The molecule has 0 aromatic heterocycles. The Morgan fingerprint density at radius 2 is 0.569 bits per heavy atom. The van der Waals surface area contributed by atoms with Gasteiger partial charge in [0.2, 0.25) is 0 Å². The molecule has 0 fully saturated rings. The van der Waals surface area contributed by atoms with Gasteiger partial charge in [-0.1, -0.05) is 146 Å². The molecule has 0 saturated carbocycles. The summed E-state index contributed by atoms with van der Waals surface area (Å²) in [5, 5.41) is 8.46. The summed E-state index contributed by atoms with van der Waals surface area (Å²) in [7, 11) is -3.47. The van der Waals surface area contributed by atoms with Gasteiger partial charge in [-0.25, -0.2) is 0 Å². The molecule has 0 aliphatic carbocycles. The van der Waals surface area contributed by atoms with Crippen molar-refractivity contribution in [1.82, 2.24) is 0 Å². The highest BCUT2D eigenvalue weighted by atomic mass is 31.2. The fraction of sp³-hybridized carbons (Fsp3) is 0.0545. The maximum Gasteiger partial charge on any atom is 0.530 e. The van der Waals surface area contributed by atoms with Gasteiger partial charge >= 0.3 is 17.2 Å². The molecule has 2 aliphatic rings. The Kier molecular flexibility index (Phi) is 10.2. The van der Waals surface area contributed by atoms with Crippen LogP contribution in [0.4, 0.5) is 0 Å². The van der Waals surface area contributed by atoms with Crippen LogP contribution < -0.4 is 36.6 Å². The smallest absolute Gasteiger partial charge is 0.493 e. The summed E-state index contributed by atoms with van der Waals surface area (Å²) >= 11 is 0. The third-order valence-electron chi connectivity index (χ3n) is 11.6. The first-order valence-electron chi connectivity index (χ1n) is 21.4. The van der Waals surface area contributed by atoms with Crippen LogP contribution in [0.5, 0.6) is 46.0 Å². The molecule has 316 valence electrons. The molecule has 2 heterocycles. The zero-order chi connectivity index (χ0) is 43.1. The van der Waals surface area contributed by atoms with Gasteiger partial charge in [0.25, 0.3) is 0 Å². The number of fused-ring (bicyclic) bond motifs is 6. The summed E-state index contributed by atoms with van der Waals surface area (Å²) in [5.41, 5.74) is 3.68. The molecule has 10 heteroatoms. The summed E-state index contributed by atoms with van der Waals surface area (Å²) in [6, 6.07) is 65.1. The lowest BCUT2D eigenvalue weighted by molar-refractivity contribution is 0.249. The van der Waals surface area contributed by atoms with E-state index in [2.05, 4.69) is 109 Å². The highest BCUT2D eigenvalue weighted by Crippen LogP contribution is 2.57. The molecule has 10 aromatic carbocycles. The third-order valence-corrected chi connectivity index (χ3v) is 13.7. The molecule has 0 atom stereocenters. The first-order valence-corrected chi connectivity index (χ1v) is 23.6. The first-order chi connectivity index (χ1) is 32.2. The zero-order valence-corrected chi connectivity index (χ0v) is 36.5. The van der Waals surface area contributed by atoms with E-state index in [1.54, 1.807) is 0 Å². The summed E-state index contributed by atoms with van der Waals surface area (Å²) in [6.45, 7) is 0.789. The largest absolute Gasteiger partial charge is 0.530 e. The Morgan fingerprint density at radius 3 is 0.908 bits per heavy atom. The van der Waals surface area contributed by atoms with E-state index in [9.17, 15) is 0 Å². The number of rotatable bonds is 12. The Morgan fingerprint density at radius 1 is 0.292 bits per heavy atom. The normalized spacial score (nSPS) is 13.2. The molecule has 12 rings (SSSR count). The van der Waals surface area contributed by atoms with Crippen LogP contribution in [0.3, 0.4) is 0 Å². The van der Waals surface area contributed by atoms with Crippen molar-refractivity contribution in [2.45, 2.75) is 6.42 Å². The second kappa shape index (κ2) is 16.9. The van der Waals surface area contributed by atoms with Gasteiger partial charge in [0.1, 0.15) is 23.0 Å². The molecule has 8 nitrogen and oxygen atoms in total. The molecule has 2 aliphatic heterocycles. The standard InChI is InChI=1S/C55H38O8P2/c1-5-18-40-36(14-1)26-30-48(52(40)54-42-20-7-3-16-38(42)28-32-50(54)62-64-58-44-22-9-10-23-45(44)59-64)56-34-13-35-57-49-31-27-37-15-2-6-19-41(37)53(49)55-43-21-8-4-17-39(43)29-33-51(55)63-65-60-46-24-11-12-25-47(46)61-65/h1-12,14-33H,13,34-35H2. The van der Waals surface area contributed by atoms with Crippen molar-refractivity contribution in [2.75, 3.05) is 13.2 Å². The molecule has 0 bridgehead atoms. The van der Waals surface area contributed by atoms with E-state index < -0.39 is 17.2 Å². The molecule has 0 saturated heterocycles.